The molecule has 0 spiro atoms. The highest BCUT2D eigenvalue weighted by molar-refractivity contribution is 5.71. The summed E-state index contributed by atoms with van der Waals surface area (Å²) in [5, 5.41) is 8.82. The van der Waals surface area contributed by atoms with Gasteiger partial charge in [-0.25, -0.2) is 0 Å². The van der Waals surface area contributed by atoms with Gasteiger partial charge in [0.25, 0.3) is 0 Å². The Morgan fingerprint density at radius 1 is 1.44 bits per heavy atom. The smallest absolute Gasteiger partial charge is 0.393 e. The first-order valence-electron chi connectivity index (χ1n) is 5.85. The molecule has 0 aromatic heterocycles. The number of hydrogen-bond donors (Lipinski definition) is 1. The Morgan fingerprint density at radius 2 is 2.06 bits per heavy atom. The van der Waals surface area contributed by atoms with E-state index >= 15 is 0 Å². The molecule has 1 saturated heterocycles. The largest absolute Gasteiger partial charge is 0.481 e. The van der Waals surface area contributed by atoms with E-state index in [0.29, 0.717) is 13.2 Å². The van der Waals surface area contributed by atoms with E-state index < -0.39 is 24.0 Å². The number of ether oxygens (including phenoxy) is 1. The second-order valence-electron chi connectivity index (χ2n) is 4.77. The molecule has 0 unspecified atom stereocenters. The minimum Gasteiger partial charge on any atom is -0.481 e. The van der Waals surface area contributed by atoms with E-state index in [1.807, 2.05) is 13.8 Å². The number of carbonyl (C=O) groups is 1. The molecule has 0 saturated carbocycles. The Bertz CT molecular complexity index is 294. The van der Waals surface area contributed by atoms with Crippen molar-refractivity contribution in [3.8, 4) is 0 Å². The third kappa shape index (κ3) is 4.13. The predicted molar refractivity (Wildman–Crippen MR) is 58.2 cm³/mol. The van der Waals surface area contributed by atoms with Crippen molar-refractivity contribution in [1.29, 1.82) is 0 Å². The van der Waals surface area contributed by atoms with Gasteiger partial charge < -0.3 is 9.84 Å². The Hall–Kier alpha value is -0.820. The molecule has 0 amide bonds. The first-order chi connectivity index (χ1) is 8.21. The van der Waals surface area contributed by atoms with Gasteiger partial charge in [0.15, 0.2) is 0 Å². The van der Waals surface area contributed by atoms with Crippen LogP contribution in [0.3, 0.4) is 0 Å². The van der Waals surface area contributed by atoms with Gasteiger partial charge in [-0.05, 0) is 13.8 Å². The first kappa shape index (κ1) is 15.2. The van der Waals surface area contributed by atoms with E-state index in [1.165, 1.54) is 4.90 Å². The van der Waals surface area contributed by atoms with Gasteiger partial charge in [-0.1, -0.05) is 0 Å². The van der Waals surface area contributed by atoms with Crippen molar-refractivity contribution in [1.82, 2.24) is 4.90 Å². The highest BCUT2D eigenvalue weighted by Crippen LogP contribution is 2.37. The molecule has 106 valence electrons. The molecular formula is C11H18F3NO3. The quantitative estimate of drug-likeness (QED) is 0.823. The van der Waals surface area contributed by atoms with Gasteiger partial charge in [0.05, 0.1) is 24.5 Å². The molecule has 0 bridgehead atoms. The summed E-state index contributed by atoms with van der Waals surface area (Å²) in [6.07, 6.45) is -4.45. The van der Waals surface area contributed by atoms with E-state index in [9.17, 15) is 18.0 Å². The number of nitrogens with zero attached hydrogens (tertiary/aromatic N) is 1. The zero-order valence-corrected chi connectivity index (χ0v) is 10.4. The topological polar surface area (TPSA) is 49.8 Å². The van der Waals surface area contributed by atoms with Crippen molar-refractivity contribution in [3.63, 3.8) is 0 Å². The Balaban J connectivity index is 2.54. The van der Waals surface area contributed by atoms with Gasteiger partial charge >= 0.3 is 12.1 Å². The van der Waals surface area contributed by atoms with Crippen LogP contribution in [0.4, 0.5) is 13.2 Å². The van der Waals surface area contributed by atoms with Gasteiger partial charge in [0.2, 0.25) is 0 Å². The fourth-order valence-electron chi connectivity index (χ4n) is 2.07. The summed E-state index contributed by atoms with van der Waals surface area (Å²) in [4.78, 5) is 12.3. The van der Waals surface area contributed by atoms with E-state index in [-0.39, 0.29) is 19.2 Å². The molecule has 2 atom stereocenters. The maximum atomic E-state index is 12.7. The maximum Gasteiger partial charge on any atom is 0.393 e. The molecule has 18 heavy (non-hydrogen) atoms. The lowest BCUT2D eigenvalue weighted by Crippen LogP contribution is -2.33. The van der Waals surface area contributed by atoms with E-state index in [2.05, 4.69) is 0 Å². The number of carboxylic acid groups (broad SMARTS) is 1. The Kier molecular flexibility index (Phi) is 4.98. The molecule has 0 aliphatic carbocycles. The minimum absolute atomic E-state index is 0.0151. The number of likely N-dealkylation sites (tertiary alicyclic amines) is 1. The first-order valence-corrected chi connectivity index (χ1v) is 5.85. The highest BCUT2D eigenvalue weighted by atomic mass is 19.4. The molecule has 0 radical (unpaired) electrons. The van der Waals surface area contributed by atoms with Crippen molar-refractivity contribution in [2.45, 2.75) is 26.1 Å². The van der Waals surface area contributed by atoms with Crippen molar-refractivity contribution in [2.75, 3.05) is 26.2 Å². The SMILES string of the molecule is CC(C)OCCN1C[C@@H](C(F)(F)F)[C@H](C(=O)O)C1. The summed E-state index contributed by atoms with van der Waals surface area (Å²) >= 11 is 0. The van der Waals surface area contributed by atoms with Crippen molar-refractivity contribution >= 4 is 5.97 Å². The van der Waals surface area contributed by atoms with Crippen LogP contribution in [0.1, 0.15) is 13.8 Å². The summed E-state index contributed by atoms with van der Waals surface area (Å²) in [6, 6.07) is 0. The van der Waals surface area contributed by atoms with Crippen LogP contribution in [0.2, 0.25) is 0 Å². The number of halogens is 3. The van der Waals surface area contributed by atoms with E-state index in [0.717, 1.165) is 0 Å². The minimum atomic E-state index is -4.46. The molecule has 0 aromatic carbocycles. The fraction of sp³-hybridized carbons (Fsp3) is 0.909. The van der Waals surface area contributed by atoms with Crippen LogP contribution in [0.15, 0.2) is 0 Å². The molecule has 0 aromatic rings. The van der Waals surface area contributed by atoms with Crippen LogP contribution in [0, 0.1) is 11.8 Å². The van der Waals surface area contributed by atoms with Crippen molar-refractivity contribution in [2.24, 2.45) is 11.8 Å². The van der Waals surface area contributed by atoms with Crippen LogP contribution in [0.5, 0.6) is 0 Å². The van der Waals surface area contributed by atoms with E-state index in [1.54, 1.807) is 0 Å². The summed E-state index contributed by atoms with van der Waals surface area (Å²) in [6.45, 7) is 3.98. The second-order valence-corrected chi connectivity index (χ2v) is 4.77. The van der Waals surface area contributed by atoms with Crippen LogP contribution in [-0.4, -0.2) is 54.5 Å². The lowest BCUT2D eigenvalue weighted by Gasteiger charge is -2.18. The molecular weight excluding hydrogens is 251 g/mol. The highest BCUT2D eigenvalue weighted by Gasteiger charge is 2.52. The zero-order chi connectivity index (χ0) is 13.9. The summed E-state index contributed by atoms with van der Waals surface area (Å²) in [5.74, 6) is -4.54. The average molecular weight is 269 g/mol. The van der Waals surface area contributed by atoms with Gasteiger partial charge in [0, 0.05) is 19.6 Å². The number of rotatable bonds is 5. The molecule has 1 rings (SSSR count). The third-order valence-electron chi connectivity index (χ3n) is 2.99. The number of aliphatic carboxylic acids is 1. The van der Waals surface area contributed by atoms with Crippen molar-refractivity contribution in [3.05, 3.63) is 0 Å². The standard InChI is InChI=1S/C11H18F3NO3/c1-7(2)18-4-3-15-5-8(10(16)17)9(6-15)11(12,13)14/h7-9H,3-6H2,1-2H3,(H,16,17)/t8-,9-/m1/s1. The van der Waals surface area contributed by atoms with Crippen LogP contribution >= 0.6 is 0 Å². The Morgan fingerprint density at radius 3 is 2.44 bits per heavy atom. The van der Waals surface area contributed by atoms with Gasteiger partial charge in [-0.2, -0.15) is 13.2 Å². The Labute approximate surface area is 104 Å². The summed E-state index contributed by atoms with van der Waals surface area (Å²) in [5.41, 5.74) is 0. The van der Waals surface area contributed by atoms with Crippen LogP contribution < -0.4 is 0 Å². The maximum absolute atomic E-state index is 12.7. The zero-order valence-electron chi connectivity index (χ0n) is 10.4. The fourth-order valence-corrected chi connectivity index (χ4v) is 2.07. The predicted octanol–water partition coefficient (Wildman–Crippen LogP) is 1.61. The number of carboxylic acids is 1. The van der Waals surface area contributed by atoms with Crippen molar-refractivity contribution < 1.29 is 27.8 Å². The normalized spacial score (nSPS) is 25.9. The molecule has 4 nitrogen and oxygen atoms in total. The van der Waals surface area contributed by atoms with E-state index in [4.69, 9.17) is 9.84 Å². The van der Waals surface area contributed by atoms with Gasteiger partial charge in [-0.3, -0.25) is 9.69 Å². The lowest BCUT2D eigenvalue weighted by atomic mass is 9.96. The number of alkyl halides is 3. The van der Waals surface area contributed by atoms with Gasteiger partial charge in [0.1, 0.15) is 0 Å². The summed E-state index contributed by atoms with van der Waals surface area (Å²) < 4.78 is 43.3. The van der Waals surface area contributed by atoms with Crippen LogP contribution in [0.25, 0.3) is 0 Å². The molecule has 7 heteroatoms. The lowest BCUT2D eigenvalue weighted by molar-refractivity contribution is -0.188. The average Bonchev–Trinajstić information content (AvgIpc) is 2.60. The number of hydrogen-bond acceptors (Lipinski definition) is 3. The molecule has 1 heterocycles. The van der Waals surface area contributed by atoms with Crippen LogP contribution in [-0.2, 0) is 9.53 Å². The summed E-state index contributed by atoms with van der Waals surface area (Å²) in [7, 11) is 0. The molecule has 1 aliphatic rings. The third-order valence-corrected chi connectivity index (χ3v) is 2.99. The monoisotopic (exact) mass is 269 g/mol. The van der Waals surface area contributed by atoms with Gasteiger partial charge in [-0.15, -0.1) is 0 Å². The molecule has 1 fully saturated rings. The second kappa shape index (κ2) is 5.88. The molecule has 1 N–H and O–H groups in total. The molecule has 1 aliphatic heterocycles.